The molecule has 0 aromatic heterocycles. The number of ether oxygens (including phenoxy) is 1. The Kier molecular flexibility index (Phi) is 5.61. The molecule has 1 saturated heterocycles. The Hall–Kier alpha value is -0.420. The summed E-state index contributed by atoms with van der Waals surface area (Å²) in [5.41, 5.74) is -0.413. The van der Waals surface area contributed by atoms with Gasteiger partial charge < -0.3 is 15.4 Å². The quantitative estimate of drug-likeness (QED) is 0.838. The van der Waals surface area contributed by atoms with Crippen LogP contribution in [0.5, 0.6) is 0 Å². The summed E-state index contributed by atoms with van der Waals surface area (Å²) in [7, 11) is 0. The minimum atomic E-state index is -0.413. The van der Waals surface area contributed by atoms with E-state index < -0.39 is 5.60 Å². The molecular formula is C15H28N2O2S. The summed E-state index contributed by atoms with van der Waals surface area (Å²) in [6, 6.07) is 0.846. The smallest absolute Gasteiger partial charge is 0.407 e. The summed E-state index contributed by atoms with van der Waals surface area (Å²) < 4.78 is 5.26. The molecule has 1 saturated carbocycles. The molecule has 1 amide bonds. The third kappa shape index (κ3) is 5.52. The number of nitrogens with one attached hydrogen (secondary N) is 2. The normalized spacial score (nSPS) is 30.4. The van der Waals surface area contributed by atoms with E-state index in [1.54, 1.807) is 0 Å². The van der Waals surface area contributed by atoms with Crippen LogP contribution in [0.15, 0.2) is 0 Å². The summed E-state index contributed by atoms with van der Waals surface area (Å²) >= 11 is 2.11. The predicted molar refractivity (Wildman–Crippen MR) is 84.3 cm³/mol. The van der Waals surface area contributed by atoms with Gasteiger partial charge in [0.2, 0.25) is 0 Å². The van der Waals surface area contributed by atoms with Gasteiger partial charge in [-0.3, -0.25) is 0 Å². The summed E-state index contributed by atoms with van der Waals surface area (Å²) in [6.07, 6.45) is 5.88. The van der Waals surface area contributed by atoms with Gasteiger partial charge in [0, 0.05) is 23.9 Å². The van der Waals surface area contributed by atoms with Crippen molar-refractivity contribution in [3.8, 4) is 0 Å². The lowest BCUT2D eigenvalue weighted by atomic mass is 9.87. The van der Waals surface area contributed by atoms with Gasteiger partial charge in [0.05, 0.1) is 0 Å². The van der Waals surface area contributed by atoms with Crippen molar-refractivity contribution >= 4 is 17.9 Å². The molecule has 4 nitrogen and oxygen atoms in total. The van der Waals surface area contributed by atoms with Gasteiger partial charge in [-0.25, -0.2) is 4.79 Å². The number of hydrogen-bond acceptors (Lipinski definition) is 4. The Morgan fingerprint density at radius 2 is 2.00 bits per heavy atom. The Morgan fingerprint density at radius 1 is 1.25 bits per heavy atom. The van der Waals surface area contributed by atoms with Crippen molar-refractivity contribution < 1.29 is 9.53 Å². The van der Waals surface area contributed by atoms with Crippen LogP contribution in [0, 0.1) is 0 Å². The second-order valence-corrected chi connectivity index (χ2v) is 8.32. The molecule has 1 unspecified atom stereocenters. The van der Waals surface area contributed by atoms with Gasteiger partial charge >= 0.3 is 6.09 Å². The molecule has 1 heterocycles. The monoisotopic (exact) mass is 300 g/mol. The highest BCUT2D eigenvalue weighted by molar-refractivity contribution is 7.99. The van der Waals surface area contributed by atoms with E-state index in [2.05, 4.69) is 22.4 Å². The molecule has 0 aromatic rings. The number of rotatable bonds is 4. The standard InChI is InChI=1S/C15H28N2O2S/c1-15(2,3)19-14(18)17-12-8-11(9-12)16-10-13-6-4-5-7-20-13/h11-13,16H,4-10H2,1-3H3,(H,17,18). The predicted octanol–water partition coefficient (Wildman–Crippen LogP) is 2.92. The first-order valence-corrected chi connectivity index (χ1v) is 8.82. The third-order valence-corrected chi connectivity index (χ3v) is 5.17. The first-order valence-electron chi connectivity index (χ1n) is 7.77. The van der Waals surface area contributed by atoms with Crippen molar-refractivity contribution in [2.45, 2.75) is 75.8 Å². The first kappa shape index (κ1) is 16.0. The van der Waals surface area contributed by atoms with Crippen LogP contribution in [0.25, 0.3) is 0 Å². The molecule has 1 aliphatic heterocycles. The van der Waals surface area contributed by atoms with Crippen LogP contribution in [0.4, 0.5) is 4.79 Å². The van der Waals surface area contributed by atoms with Gasteiger partial charge in [0.25, 0.3) is 0 Å². The van der Waals surface area contributed by atoms with Crippen LogP contribution in [0.3, 0.4) is 0 Å². The fraction of sp³-hybridized carbons (Fsp3) is 0.933. The van der Waals surface area contributed by atoms with Gasteiger partial charge in [-0.05, 0) is 52.2 Å². The van der Waals surface area contributed by atoms with E-state index in [1.807, 2.05) is 20.8 Å². The maximum Gasteiger partial charge on any atom is 0.407 e. The Bertz CT molecular complexity index is 318. The Balaban J connectivity index is 1.54. The topological polar surface area (TPSA) is 50.4 Å². The molecular weight excluding hydrogens is 272 g/mol. The van der Waals surface area contributed by atoms with Gasteiger partial charge in [-0.15, -0.1) is 0 Å². The van der Waals surface area contributed by atoms with Crippen LogP contribution >= 0.6 is 11.8 Å². The van der Waals surface area contributed by atoms with E-state index >= 15 is 0 Å². The van der Waals surface area contributed by atoms with Crippen molar-refractivity contribution in [1.29, 1.82) is 0 Å². The molecule has 2 N–H and O–H groups in total. The Morgan fingerprint density at radius 3 is 2.60 bits per heavy atom. The minimum Gasteiger partial charge on any atom is -0.444 e. The lowest BCUT2D eigenvalue weighted by molar-refractivity contribution is 0.0465. The van der Waals surface area contributed by atoms with Crippen LogP contribution < -0.4 is 10.6 Å². The molecule has 0 radical (unpaired) electrons. The largest absolute Gasteiger partial charge is 0.444 e. The third-order valence-electron chi connectivity index (χ3n) is 3.77. The van der Waals surface area contributed by atoms with Gasteiger partial charge in [0.15, 0.2) is 0 Å². The maximum atomic E-state index is 11.6. The highest BCUT2D eigenvalue weighted by Crippen LogP contribution is 2.26. The molecule has 0 bridgehead atoms. The van der Waals surface area contributed by atoms with Gasteiger partial charge in [-0.2, -0.15) is 11.8 Å². The highest BCUT2D eigenvalue weighted by Gasteiger charge is 2.31. The SMILES string of the molecule is CC(C)(C)OC(=O)NC1CC(NCC2CCCCS2)C1. The van der Waals surface area contributed by atoms with Crippen LogP contribution in [-0.4, -0.2) is 41.3 Å². The lowest BCUT2D eigenvalue weighted by Crippen LogP contribution is -2.54. The fourth-order valence-corrected chi connectivity index (χ4v) is 3.89. The van der Waals surface area contributed by atoms with Crippen molar-refractivity contribution in [3.63, 3.8) is 0 Å². The van der Waals surface area contributed by atoms with E-state index in [1.165, 1.54) is 25.0 Å². The first-order chi connectivity index (χ1) is 9.42. The molecule has 2 fully saturated rings. The molecule has 20 heavy (non-hydrogen) atoms. The van der Waals surface area contributed by atoms with Crippen molar-refractivity contribution in [2.24, 2.45) is 0 Å². The number of carbonyl (C=O) groups is 1. The second-order valence-electron chi connectivity index (χ2n) is 6.91. The number of hydrogen-bond donors (Lipinski definition) is 2. The fourth-order valence-electron chi connectivity index (χ4n) is 2.64. The number of alkyl carbamates (subject to hydrolysis) is 1. The molecule has 1 aliphatic carbocycles. The zero-order valence-corrected chi connectivity index (χ0v) is 13.7. The van der Waals surface area contributed by atoms with E-state index in [0.29, 0.717) is 6.04 Å². The minimum absolute atomic E-state index is 0.279. The number of carbonyl (C=O) groups excluding carboxylic acids is 1. The zero-order valence-electron chi connectivity index (χ0n) is 12.9. The summed E-state index contributed by atoms with van der Waals surface area (Å²) in [4.78, 5) is 11.6. The summed E-state index contributed by atoms with van der Waals surface area (Å²) in [6.45, 7) is 6.78. The highest BCUT2D eigenvalue weighted by atomic mass is 32.2. The molecule has 0 spiro atoms. The van der Waals surface area contributed by atoms with Crippen LogP contribution in [0.2, 0.25) is 0 Å². The average Bonchev–Trinajstić information content (AvgIpc) is 2.31. The summed E-state index contributed by atoms with van der Waals surface area (Å²) in [5, 5.41) is 7.35. The molecule has 2 rings (SSSR count). The zero-order chi connectivity index (χ0) is 14.6. The summed E-state index contributed by atoms with van der Waals surface area (Å²) in [5.74, 6) is 1.32. The average molecular weight is 300 g/mol. The Labute approximate surface area is 126 Å². The number of thioether (sulfide) groups is 1. The van der Waals surface area contributed by atoms with Crippen molar-refractivity contribution in [2.75, 3.05) is 12.3 Å². The lowest BCUT2D eigenvalue weighted by Gasteiger charge is -2.37. The van der Waals surface area contributed by atoms with Crippen molar-refractivity contribution in [3.05, 3.63) is 0 Å². The molecule has 1 atom stereocenters. The number of amides is 1. The van der Waals surface area contributed by atoms with Crippen LogP contribution in [0.1, 0.15) is 52.9 Å². The van der Waals surface area contributed by atoms with Crippen LogP contribution in [-0.2, 0) is 4.74 Å². The maximum absolute atomic E-state index is 11.6. The molecule has 116 valence electrons. The second kappa shape index (κ2) is 7.03. The van der Waals surface area contributed by atoms with E-state index in [0.717, 1.165) is 24.6 Å². The molecule has 0 aromatic carbocycles. The molecule has 5 heteroatoms. The van der Waals surface area contributed by atoms with E-state index in [9.17, 15) is 4.79 Å². The van der Waals surface area contributed by atoms with Gasteiger partial charge in [-0.1, -0.05) is 6.42 Å². The van der Waals surface area contributed by atoms with Gasteiger partial charge in [0.1, 0.15) is 5.60 Å². The van der Waals surface area contributed by atoms with E-state index in [4.69, 9.17) is 4.74 Å². The van der Waals surface area contributed by atoms with Crippen molar-refractivity contribution in [1.82, 2.24) is 10.6 Å². The molecule has 2 aliphatic rings. The van der Waals surface area contributed by atoms with E-state index in [-0.39, 0.29) is 12.1 Å².